The van der Waals surface area contributed by atoms with Gasteiger partial charge in [-0.05, 0) is 49.9 Å². The van der Waals surface area contributed by atoms with Crippen LogP contribution in [-0.4, -0.2) is 56.4 Å². The Morgan fingerprint density at radius 2 is 1.89 bits per heavy atom. The standard InChI is InChI=1S/C27H30ClN3O4S/c1-14-8-7-11-18(28)22(14)30-25(34)23-27-15(2)12-19(36-27)20(21(27)26(35)31(23)16(3)13-32)24(33)29-17-9-5-4-6-10-17/h4-11,15-16,19-21,23,32H,12-13H2,1-3H3,(H,29,33)(H,30,34)/t15?,16-,19-,20+,21+,23?,27?/m1/s1. The molecule has 3 aliphatic heterocycles. The Labute approximate surface area is 220 Å². The van der Waals surface area contributed by atoms with E-state index in [-0.39, 0.29) is 35.5 Å². The molecule has 3 fully saturated rings. The van der Waals surface area contributed by atoms with Crippen LogP contribution in [0.15, 0.2) is 48.5 Å². The minimum atomic E-state index is -0.840. The summed E-state index contributed by atoms with van der Waals surface area (Å²) < 4.78 is -0.775. The average molecular weight is 528 g/mol. The molecule has 3 unspecified atom stereocenters. The lowest BCUT2D eigenvalue weighted by atomic mass is 9.66. The first-order chi connectivity index (χ1) is 17.2. The Morgan fingerprint density at radius 1 is 1.17 bits per heavy atom. The fourth-order valence-electron chi connectivity index (χ4n) is 6.35. The molecule has 9 heteroatoms. The molecule has 36 heavy (non-hydrogen) atoms. The molecule has 2 aromatic carbocycles. The van der Waals surface area contributed by atoms with Crippen LogP contribution in [0.5, 0.6) is 0 Å². The molecular weight excluding hydrogens is 498 g/mol. The van der Waals surface area contributed by atoms with Crippen molar-refractivity contribution in [2.24, 2.45) is 17.8 Å². The fourth-order valence-corrected chi connectivity index (χ4v) is 9.03. The third kappa shape index (κ3) is 3.73. The first-order valence-electron chi connectivity index (χ1n) is 12.2. The predicted molar refractivity (Wildman–Crippen MR) is 142 cm³/mol. The highest BCUT2D eigenvalue weighted by Crippen LogP contribution is 2.68. The number of hydrogen-bond donors (Lipinski definition) is 3. The van der Waals surface area contributed by atoms with Gasteiger partial charge in [0.05, 0.1) is 39.9 Å². The molecule has 3 heterocycles. The molecule has 0 radical (unpaired) electrons. The van der Waals surface area contributed by atoms with Crippen molar-refractivity contribution >= 4 is 52.5 Å². The first kappa shape index (κ1) is 25.1. The average Bonchev–Trinajstić information content (AvgIpc) is 3.45. The number of benzene rings is 2. The number of anilines is 2. The third-order valence-electron chi connectivity index (χ3n) is 7.99. The van der Waals surface area contributed by atoms with Gasteiger partial charge >= 0.3 is 0 Å². The number of halogens is 1. The van der Waals surface area contributed by atoms with Crippen LogP contribution in [-0.2, 0) is 14.4 Å². The normalized spacial score (nSPS) is 31.3. The number of carbonyl (C=O) groups is 3. The Kier molecular flexibility index (Phi) is 6.55. The second-order valence-corrected chi connectivity index (χ2v) is 12.1. The Morgan fingerprint density at radius 3 is 2.56 bits per heavy atom. The minimum Gasteiger partial charge on any atom is -0.394 e. The largest absolute Gasteiger partial charge is 0.394 e. The van der Waals surface area contributed by atoms with Gasteiger partial charge in [-0.2, -0.15) is 0 Å². The van der Waals surface area contributed by atoms with E-state index in [1.165, 1.54) is 4.90 Å². The monoisotopic (exact) mass is 527 g/mol. The molecule has 0 aromatic heterocycles. The molecule has 2 aromatic rings. The van der Waals surface area contributed by atoms with E-state index in [1.807, 2.05) is 49.4 Å². The highest BCUT2D eigenvalue weighted by Gasteiger charge is 2.76. The van der Waals surface area contributed by atoms with Gasteiger partial charge < -0.3 is 20.6 Å². The molecule has 0 saturated carbocycles. The summed E-state index contributed by atoms with van der Waals surface area (Å²) in [5.41, 5.74) is 2.00. The summed E-state index contributed by atoms with van der Waals surface area (Å²) in [5, 5.41) is 16.3. The minimum absolute atomic E-state index is 0.0289. The molecule has 1 spiro atoms. The maximum atomic E-state index is 14.0. The van der Waals surface area contributed by atoms with Crippen molar-refractivity contribution in [3.05, 3.63) is 59.1 Å². The number of nitrogens with zero attached hydrogens (tertiary/aromatic N) is 1. The number of amides is 3. The SMILES string of the molecule is Cc1cccc(Cl)c1NC(=O)C1N([C@H](C)CO)C(=O)[C@@H]2[C@@H](C(=O)Nc3ccccc3)[C@H]3CC(C)C12S3. The Balaban J connectivity index is 1.54. The summed E-state index contributed by atoms with van der Waals surface area (Å²) in [5.74, 6) is -1.98. The molecule has 0 aliphatic carbocycles. The van der Waals surface area contributed by atoms with Crippen LogP contribution in [0.4, 0.5) is 11.4 Å². The number of aliphatic hydroxyl groups is 1. The van der Waals surface area contributed by atoms with E-state index in [0.717, 1.165) is 12.0 Å². The molecule has 3 N–H and O–H groups in total. The number of hydrogen-bond acceptors (Lipinski definition) is 5. The van der Waals surface area contributed by atoms with Crippen LogP contribution in [0, 0.1) is 24.7 Å². The summed E-state index contributed by atoms with van der Waals surface area (Å²) in [7, 11) is 0. The molecule has 5 rings (SSSR count). The number of nitrogens with one attached hydrogen (secondary N) is 2. The number of carbonyl (C=O) groups excluding carboxylic acids is 3. The molecule has 3 aliphatic rings. The van der Waals surface area contributed by atoms with Gasteiger partial charge in [0.2, 0.25) is 17.7 Å². The van der Waals surface area contributed by atoms with E-state index in [0.29, 0.717) is 16.4 Å². The molecule has 2 bridgehead atoms. The van der Waals surface area contributed by atoms with E-state index in [1.54, 1.807) is 24.8 Å². The summed E-state index contributed by atoms with van der Waals surface area (Å²) >= 11 is 8.00. The van der Waals surface area contributed by atoms with Crippen LogP contribution in [0.2, 0.25) is 5.02 Å². The van der Waals surface area contributed by atoms with E-state index in [4.69, 9.17) is 11.6 Å². The van der Waals surface area contributed by atoms with Crippen molar-refractivity contribution in [2.75, 3.05) is 17.2 Å². The zero-order valence-electron chi connectivity index (χ0n) is 20.4. The Bertz CT molecular complexity index is 1190. The van der Waals surface area contributed by atoms with E-state index in [9.17, 15) is 19.5 Å². The maximum absolute atomic E-state index is 14.0. The van der Waals surface area contributed by atoms with Crippen LogP contribution in [0.1, 0.15) is 25.8 Å². The van der Waals surface area contributed by atoms with Crippen LogP contribution in [0.3, 0.4) is 0 Å². The van der Waals surface area contributed by atoms with Crippen molar-refractivity contribution in [3.8, 4) is 0 Å². The lowest BCUT2D eigenvalue weighted by molar-refractivity contribution is -0.140. The lowest BCUT2D eigenvalue weighted by Gasteiger charge is -2.39. The fraction of sp³-hybridized carbons (Fsp3) is 0.444. The third-order valence-corrected chi connectivity index (χ3v) is 10.4. The first-order valence-corrected chi connectivity index (χ1v) is 13.5. The van der Waals surface area contributed by atoms with Gasteiger partial charge in [-0.3, -0.25) is 14.4 Å². The van der Waals surface area contributed by atoms with Crippen LogP contribution < -0.4 is 10.6 Å². The number of aryl methyl sites for hydroxylation is 1. The van der Waals surface area contributed by atoms with Gasteiger partial charge in [0.1, 0.15) is 6.04 Å². The van der Waals surface area contributed by atoms with E-state index >= 15 is 0 Å². The van der Waals surface area contributed by atoms with Gasteiger partial charge in [0.15, 0.2) is 0 Å². The van der Waals surface area contributed by atoms with Gasteiger partial charge in [-0.15, -0.1) is 11.8 Å². The smallest absolute Gasteiger partial charge is 0.248 e. The van der Waals surface area contributed by atoms with E-state index in [2.05, 4.69) is 17.6 Å². The van der Waals surface area contributed by atoms with Gasteiger partial charge in [-0.1, -0.05) is 48.9 Å². The molecule has 7 atom stereocenters. The van der Waals surface area contributed by atoms with Gasteiger partial charge in [0, 0.05) is 10.9 Å². The van der Waals surface area contributed by atoms with Gasteiger partial charge in [0.25, 0.3) is 0 Å². The zero-order valence-corrected chi connectivity index (χ0v) is 22.0. The molecule has 190 valence electrons. The number of rotatable bonds is 6. The van der Waals surface area contributed by atoms with Gasteiger partial charge in [-0.25, -0.2) is 0 Å². The predicted octanol–water partition coefficient (Wildman–Crippen LogP) is 3.94. The number of likely N-dealkylation sites (tertiary alicyclic amines) is 1. The Hall–Kier alpha value is -2.55. The number of fused-ring (bicyclic) bond motifs is 1. The topological polar surface area (TPSA) is 98.7 Å². The maximum Gasteiger partial charge on any atom is 0.248 e. The second-order valence-electron chi connectivity index (χ2n) is 10.1. The molecule has 3 saturated heterocycles. The zero-order chi connectivity index (χ0) is 25.8. The summed E-state index contributed by atoms with van der Waals surface area (Å²) in [6, 6.07) is 13.2. The number of aliphatic hydroxyl groups excluding tert-OH is 1. The highest BCUT2D eigenvalue weighted by molar-refractivity contribution is 8.02. The van der Waals surface area contributed by atoms with Crippen molar-refractivity contribution in [3.63, 3.8) is 0 Å². The molecule has 3 amide bonds. The number of thioether (sulfide) groups is 1. The van der Waals surface area contributed by atoms with Crippen molar-refractivity contribution in [2.45, 2.75) is 49.3 Å². The molecular formula is C27H30ClN3O4S. The number of para-hydroxylation sites is 2. The van der Waals surface area contributed by atoms with Crippen molar-refractivity contribution in [1.82, 2.24) is 4.90 Å². The summed E-state index contributed by atoms with van der Waals surface area (Å²) in [4.78, 5) is 43.0. The quantitative estimate of drug-likeness (QED) is 0.528. The van der Waals surface area contributed by atoms with E-state index < -0.39 is 28.7 Å². The molecule has 7 nitrogen and oxygen atoms in total. The van der Waals surface area contributed by atoms with Crippen LogP contribution in [0.25, 0.3) is 0 Å². The highest BCUT2D eigenvalue weighted by atomic mass is 35.5. The second kappa shape index (κ2) is 9.39. The lowest BCUT2D eigenvalue weighted by Crippen LogP contribution is -2.56. The summed E-state index contributed by atoms with van der Waals surface area (Å²) in [6.07, 6.45) is 0.734. The summed E-state index contributed by atoms with van der Waals surface area (Å²) in [6.45, 7) is 5.37. The van der Waals surface area contributed by atoms with Crippen molar-refractivity contribution in [1.29, 1.82) is 0 Å². The van der Waals surface area contributed by atoms with Crippen LogP contribution >= 0.6 is 23.4 Å². The van der Waals surface area contributed by atoms with Crippen molar-refractivity contribution < 1.29 is 19.5 Å².